The van der Waals surface area contributed by atoms with Crippen molar-refractivity contribution < 1.29 is 40.3 Å². The number of fused-ring (bicyclic) bond motifs is 2. The number of aryl methyl sites for hydroxylation is 2. The van der Waals surface area contributed by atoms with Crippen LogP contribution in [0.4, 0.5) is 36.4 Å². The molecule has 0 saturated heterocycles. The Hall–Kier alpha value is -5.39. The number of nitrogens with one attached hydrogen (secondary N) is 1. The van der Waals surface area contributed by atoms with Gasteiger partial charge in [-0.3, -0.25) is 14.3 Å². The number of rotatable bonds is 6. The number of anilines is 1. The lowest BCUT2D eigenvalue weighted by atomic mass is 10.0. The van der Waals surface area contributed by atoms with Crippen LogP contribution in [0.5, 0.6) is 0 Å². The summed E-state index contributed by atoms with van der Waals surface area (Å²) >= 11 is 0.497. The van der Waals surface area contributed by atoms with Crippen molar-refractivity contribution in [3.63, 3.8) is 0 Å². The van der Waals surface area contributed by atoms with Gasteiger partial charge < -0.3 is 11.1 Å². The number of halogens is 7. The van der Waals surface area contributed by atoms with Gasteiger partial charge in [-0.25, -0.2) is 18.9 Å². The summed E-state index contributed by atoms with van der Waals surface area (Å²) in [5, 5.41) is 10.4. The molecule has 0 saturated carbocycles. The van der Waals surface area contributed by atoms with Crippen molar-refractivity contribution in [2.45, 2.75) is 32.7 Å². The number of thiophene rings is 1. The normalized spacial score (nSPS) is 12.3. The Kier molecular flexibility index (Phi) is 7.49. The van der Waals surface area contributed by atoms with Gasteiger partial charge in [-0.2, -0.15) is 36.5 Å². The third-order valence-corrected chi connectivity index (χ3v) is 8.16. The number of aromatic nitrogens is 6. The predicted octanol–water partition coefficient (Wildman–Crippen LogP) is 6.73. The number of hydrogen-bond donors (Lipinski definition) is 2. The second-order valence-corrected chi connectivity index (χ2v) is 11.2. The van der Waals surface area contributed by atoms with Crippen LogP contribution in [-0.4, -0.2) is 41.2 Å². The first-order chi connectivity index (χ1) is 22.0. The van der Waals surface area contributed by atoms with Crippen LogP contribution in [-0.2, 0) is 18.9 Å². The molecule has 6 rings (SSSR count). The molecule has 10 nitrogen and oxygen atoms in total. The second-order valence-electron chi connectivity index (χ2n) is 10.2. The molecule has 242 valence electrons. The van der Waals surface area contributed by atoms with Gasteiger partial charge in [0.1, 0.15) is 21.2 Å². The molecule has 0 fully saturated rings. The van der Waals surface area contributed by atoms with Gasteiger partial charge in [0.2, 0.25) is 0 Å². The van der Waals surface area contributed by atoms with Crippen LogP contribution < -0.4 is 11.1 Å². The standard InChI is InChI=1S/C29H19F7N8O2S/c1-3-43-11-16(12(2)41-43)15-8-19(28(31,32)33)39-27-22(15)23(24(47-27)25(37)45)40-26(46)18-10-21-38-17(13-4-6-14(30)7-5-13)9-20(29(34,35)36)44(21)42-18/h4-11H,3H2,1-2H3,(H2,37,45)(H,40,46). The van der Waals surface area contributed by atoms with E-state index in [0.717, 1.165) is 24.3 Å². The monoisotopic (exact) mass is 676 g/mol. The fourth-order valence-corrected chi connectivity index (χ4v) is 5.93. The number of amides is 2. The highest BCUT2D eigenvalue weighted by atomic mass is 32.1. The summed E-state index contributed by atoms with van der Waals surface area (Å²) in [6.07, 6.45) is -8.36. The van der Waals surface area contributed by atoms with Crippen LogP contribution >= 0.6 is 11.3 Å². The van der Waals surface area contributed by atoms with Crippen LogP contribution in [0.1, 0.15) is 44.2 Å². The summed E-state index contributed by atoms with van der Waals surface area (Å²) in [7, 11) is 0. The van der Waals surface area contributed by atoms with Gasteiger partial charge in [-0.05, 0) is 55.8 Å². The summed E-state index contributed by atoms with van der Waals surface area (Å²) in [6, 6.07) is 6.93. The van der Waals surface area contributed by atoms with Crippen LogP contribution in [0, 0.1) is 12.7 Å². The topological polar surface area (TPSA) is 133 Å². The fourth-order valence-electron chi connectivity index (χ4n) is 4.93. The Labute approximate surface area is 262 Å². The molecule has 3 N–H and O–H groups in total. The zero-order valence-corrected chi connectivity index (χ0v) is 24.8. The quantitative estimate of drug-likeness (QED) is 0.188. The number of carbonyl (C=O) groups excluding carboxylic acids is 2. The molecule has 0 unspecified atom stereocenters. The molecule has 0 aliphatic heterocycles. The SMILES string of the molecule is CCn1cc(-c2cc(C(F)(F)F)nc3sc(C(N)=O)c(NC(=O)c4cc5nc(-c6ccc(F)cc6)cc(C(F)(F)F)n5n4)c23)c(C)n1. The molecule has 2 amide bonds. The first-order valence-corrected chi connectivity index (χ1v) is 14.3. The Morgan fingerprint density at radius 3 is 2.26 bits per heavy atom. The summed E-state index contributed by atoms with van der Waals surface area (Å²) in [5.41, 5.74) is 2.17. The van der Waals surface area contributed by atoms with E-state index in [1.165, 1.54) is 23.0 Å². The van der Waals surface area contributed by atoms with Crippen LogP contribution in [0.3, 0.4) is 0 Å². The average Bonchev–Trinajstić information content (AvgIpc) is 3.70. The van der Waals surface area contributed by atoms with E-state index in [-0.39, 0.29) is 43.2 Å². The molecule has 0 spiro atoms. The second kappa shape index (κ2) is 11.1. The van der Waals surface area contributed by atoms with Crippen LogP contribution in [0.15, 0.2) is 48.7 Å². The fraction of sp³-hybridized carbons (Fsp3) is 0.172. The molecule has 0 aliphatic carbocycles. The van der Waals surface area contributed by atoms with E-state index < -0.39 is 52.7 Å². The molecule has 0 bridgehead atoms. The lowest BCUT2D eigenvalue weighted by Gasteiger charge is -2.11. The van der Waals surface area contributed by atoms with Gasteiger partial charge in [0.15, 0.2) is 17.0 Å². The average molecular weight is 677 g/mol. The lowest BCUT2D eigenvalue weighted by molar-refractivity contribution is -0.143. The predicted molar refractivity (Wildman–Crippen MR) is 156 cm³/mol. The highest BCUT2D eigenvalue weighted by Crippen LogP contribution is 2.44. The van der Waals surface area contributed by atoms with E-state index in [9.17, 15) is 40.3 Å². The molecular weight excluding hydrogens is 657 g/mol. The molecule has 0 aliphatic rings. The maximum Gasteiger partial charge on any atom is 0.433 e. The first-order valence-electron chi connectivity index (χ1n) is 13.5. The van der Waals surface area contributed by atoms with E-state index in [0.29, 0.717) is 34.2 Å². The number of nitrogens with two attached hydrogens (primary N) is 1. The third kappa shape index (κ3) is 5.75. The smallest absolute Gasteiger partial charge is 0.365 e. The van der Waals surface area contributed by atoms with Crippen molar-refractivity contribution in [3.8, 4) is 22.4 Å². The lowest BCUT2D eigenvalue weighted by Crippen LogP contribution is -2.18. The summed E-state index contributed by atoms with van der Waals surface area (Å²) in [6.45, 7) is 3.70. The minimum absolute atomic E-state index is 0.0691. The summed E-state index contributed by atoms with van der Waals surface area (Å²) in [5.74, 6) is -2.85. The third-order valence-electron chi connectivity index (χ3n) is 7.07. The Bertz CT molecular complexity index is 2220. The number of pyridine rings is 1. The number of alkyl halides is 6. The summed E-state index contributed by atoms with van der Waals surface area (Å²) < 4.78 is 99.3. The Morgan fingerprint density at radius 1 is 0.957 bits per heavy atom. The van der Waals surface area contributed by atoms with Crippen LogP contribution in [0.25, 0.3) is 38.2 Å². The minimum atomic E-state index is -4.96. The number of primary amides is 1. The largest absolute Gasteiger partial charge is 0.433 e. The van der Waals surface area contributed by atoms with Crippen LogP contribution in [0.2, 0.25) is 0 Å². The van der Waals surface area contributed by atoms with Crippen molar-refractivity contribution in [2.24, 2.45) is 5.73 Å². The van der Waals surface area contributed by atoms with Gasteiger partial charge in [-0.15, -0.1) is 11.3 Å². The Morgan fingerprint density at radius 2 is 1.66 bits per heavy atom. The zero-order valence-electron chi connectivity index (χ0n) is 24.0. The van der Waals surface area contributed by atoms with Crippen molar-refractivity contribution in [1.29, 1.82) is 0 Å². The molecule has 6 aromatic rings. The van der Waals surface area contributed by atoms with Gasteiger partial charge in [0.05, 0.1) is 17.1 Å². The van der Waals surface area contributed by atoms with Gasteiger partial charge >= 0.3 is 12.4 Å². The number of nitrogens with zero attached hydrogens (tertiary/aromatic N) is 6. The van der Waals surface area contributed by atoms with E-state index in [1.54, 1.807) is 13.8 Å². The van der Waals surface area contributed by atoms with Crippen molar-refractivity contribution in [1.82, 2.24) is 29.4 Å². The molecule has 0 radical (unpaired) electrons. The van der Waals surface area contributed by atoms with E-state index >= 15 is 0 Å². The summed E-state index contributed by atoms with van der Waals surface area (Å²) in [4.78, 5) is 33.2. The molecule has 47 heavy (non-hydrogen) atoms. The number of benzene rings is 1. The maximum atomic E-state index is 14.1. The van der Waals surface area contributed by atoms with Crippen molar-refractivity contribution in [3.05, 3.63) is 82.1 Å². The van der Waals surface area contributed by atoms with Gasteiger partial charge in [0.25, 0.3) is 11.8 Å². The van der Waals surface area contributed by atoms with Crippen molar-refractivity contribution >= 4 is 44.7 Å². The molecular formula is C29H19F7N8O2S. The molecule has 5 heterocycles. The van der Waals surface area contributed by atoms with E-state index in [1.807, 2.05) is 0 Å². The van der Waals surface area contributed by atoms with E-state index in [4.69, 9.17) is 5.73 Å². The number of carbonyl (C=O) groups is 2. The zero-order chi connectivity index (χ0) is 34.0. The molecule has 0 atom stereocenters. The molecule has 18 heteroatoms. The first kappa shape index (κ1) is 31.6. The minimum Gasteiger partial charge on any atom is -0.365 e. The van der Waals surface area contributed by atoms with Crippen molar-refractivity contribution in [2.75, 3.05) is 5.32 Å². The van der Waals surface area contributed by atoms with Gasteiger partial charge in [0, 0.05) is 35.3 Å². The highest BCUT2D eigenvalue weighted by molar-refractivity contribution is 7.21. The van der Waals surface area contributed by atoms with Gasteiger partial charge in [-0.1, -0.05) is 0 Å². The van der Waals surface area contributed by atoms with E-state index in [2.05, 4.69) is 25.5 Å². The highest BCUT2D eigenvalue weighted by Gasteiger charge is 2.37. The Balaban J connectivity index is 1.52. The maximum absolute atomic E-state index is 14.1. The molecule has 1 aromatic carbocycles. The molecule has 5 aromatic heterocycles. The number of hydrogen-bond acceptors (Lipinski definition) is 7.